The number of hydrogen-bond acceptors (Lipinski definition) is 8. The van der Waals surface area contributed by atoms with E-state index >= 15 is 0 Å². The number of anilines is 1. The lowest BCUT2D eigenvalue weighted by Gasteiger charge is -2.11. The second-order valence-corrected chi connectivity index (χ2v) is 8.36. The van der Waals surface area contributed by atoms with E-state index < -0.39 is 0 Å². The highest BCUT2D eigenvalue weighted by atomic mass is 35.5. The number of aromatic nitrogens is 2. The highest BCUT2D eigenvalue weighted by Gasteiger charge is 2.24. The fraction of sp³-hybridized carbons (Fsp3) is 0.348. The number of hydrogen-bond donors (Lipinski definition) is 2. The van der Waals surface area contributed by atoms with Gasteiger partial charge in [-0.15, -0.1) is 0 Å². The Morgan fingerprint density at radius 3 is 2.84 bits per heavy atom. The van der Waals surface area contributed by atoms with E-state index in [1.807, 2.05) is 26.0 Å². The molecule has 0 radical (unpaired) electrons. The van der Waals surface area contributed by atoms with Crippen LogP contribution in [0, 0.1) is 5.92 Å². The number of nitrogen functional groups attached to an aromatic ring is 1. The first kappa shape index (κ1) is 22.1. The van der Waals surface area contributed by atoms with Crippen molar-refractivity contribution in [3.05, 3.63) is 47.0 Å². The van der Waals surface area contributed by atoms with E-state index in [-0.39, 0.29) is 30.5 Å². The molecule has 168 valence electrons. The van der Waals surface area contributed by atoms with Gasteiger partial charge in [-0.3, -0.25) is 4.79 Å². The summed E-state index contributed by atoms with van der Waals surface area (Å²) in [7, 11) is 0. The van der Waals surface area contributed by atoms with Crippen molar-refractivity contribution < 1.29 is 18.8 Å². The van der Waals surface area contributed by atoms with Crippen LogP contribution in [-0.4, -0.2) is 35.3 Å². The Hall–Kier alpha value is -3.10. The zero-order valence-corrected chi connectivity index (χ0v) is 18.7. The lowest BCUT2D eigenvalue weighted by atomic mass is 10.1. The highest BCUT2D eigenvalue weighted by Crippen LogP contribution is 2.32. The third-order valence-electron chi connectivity index (χ3n) is 5.10. The van der Waals surface area contributed by atoms with E-state index in [2.05, 4.69) is 15.5 Å². The molecule has 1 saturated heterocycles. The van der Waals surface area contributed by atoms with Gasteiger partial charge in [0, 0.05) is 17.8 Å². The van der Waals surface area contributed by atoms with Gasteiger partial charge in [-0.2, -0.15) is 4.98 Å². The Morgan fingerprint density at radius 2 is 2.16 bits per heavy atom. The topological polar surface area (TPSA) is 112 Å². The van der Waals surface area contributed by atoms with Crippen LogP contribution in [0.1, 0.15) is 25.8 Å². The standard InChI is InChI=1S/C23H25ClN4O4/c1-13(2)31-20-6-4-15(10-18(20)24)21-27-22(32-28-21)17-5-3-14(9-19(17)25)12-30-23(29)16-7-8-26-11-16/h3-6,9-10,13,16,26H,7-8,11-12,25H2,1-2H3. The zero-order chi connectivity index (χ0) is 22.7. The average Bonchev–Trinajstić information content (AvgIpc) is 3.46. The van der Waals surface area contributed by atoms with Crippen molar-refractivity contribution in [2.75, 3.05) is 18.8 Å². The normalized spacial score (nSPS) is 15.8. The summed E-state index contributed by atoms with van der Waals surface area (Å²) < 4.78 is 16.5. The lowest BCUT2D eigenvalue weighted by molar-refractivity contribution is -0.149. The van der Waals surface area contributed by atoms with Crippen LogP contribution in [0.3, 0.4) is 0 Å². The molecule has 2 aromatic carbocycles. The van der Waals surface area contributed by atoms with Crippen LogP contribution in [-0.2, 0) is 16.1 Å². The van der Waals surface area contributed by atoms with E-state index in [0.29, 0.717) is 40.0 Å². The van der Waals surface area contributed by atoms with Crippen LogP contribution in [0.25, 0.3) is 22.8 Å². The summed E-state index contributed by atoms with van der Waals surface area (Å²) in [5.74, 6) is 1.00. The van der Waals surface area contributed by atoms with Crippen molar-refractivity contribution in [2.45, 2.75) is 33.0 Å². The monoisotopic (exact) mass is 456 g/mol. The van der Waals surface area contributed by atoms with Gasteiger partial charge in [-0.1, -0.05) is 22.8 Å². The van der Waals surface area contributed by atoms with Gasteiger partial charge in [0.05, 0.1) is 22.6 Å². The number of nitrogens with two attached hydrogens (primary N) is 1. The van der Waals surface area contributed by atoms with Gasteiger partial charge in [-0.25, -0.2) is 0 Å². The number of benzene rings is 2. The van der Waals surface area contributed by atoms with Crippen molar-refractivity contribution in [2.24, 2.45) is 5.92 Å². The molecule has 0 saturated carbocycles. The molecule has 1 fully saturated rings. The minimum atomic E-state index is -0.192. The van der Waals surface area contributed by atoms with Crippen molar-refractivity contribution in [1.29, 1.82) is 0 Å². The first-order valence-electron chi connectivity index (χ1n) is 10.5. The van der Waals surface area contributed by atoms with Crippen LogP contribution in [0.15, 0.2) is 40.9 Å². The van der Waals surface area contributed by atoms with E-state index in [0.717, 1.165) is 18.5 Å². The molecular formula is C23H25ClN4O4. The quantitative estimate of drug-likeness (QED) is 0.404. The maximum Gasteiger partial charge on any atom is 0.310 e. The number of carbonyl (C=O) groups excluding carboxylic acids is 1. The fourth-order valence-electron chi connectivity index (χ4n) is 3.46. The van der Waals surface area contributed by atoms with Gasteiger partial charge in [0.1, 0.15) is 12.4 Å². The fourth-order valence-corrected chi connectivity index (χ4v) is 3.69. The minimum Gasteiger partial charge on any atom is -0.489 e. The number of esters is 1. The Morgan fingerprint density at radius 1 is 1.31 bits per heavy atom. The summed E-state index contributed by atoms with van der Waals surface area (Å²) in [5.41, 5.74) is 8.75. The predicted octanol–water partition coefficient (Wildman–Crippen LogP) is 4.08. The zero-order valence-electron chi connectivity index (χ0n) is 17.9. The molecule has 1 atom stereocenters. The summed E-state index contributed by atoms with van der Waals surface area (Å²) in [6.45, 7) is 5.54. The molecule has 0 aliphatic carbocycles. The molecule has 3 N–H and O–H groups in total. The van der Waals surface area contributed by atoms with E-state index in [1.54, 1.807) is 24.3 Å². The smallest absolute Gasteiger partial charge is 0.310 e. The molecule has 1 aliphatic rings. The lowest BCUT2D eigenvalue weighted by Crippen LogP contribution is -2.20. The SMILES string of the molecule is CC(C)Oc1ccc(-c2noc(-c3ccc(COC(=O)C4CCNC4)cc3N)n2)cc1Cl. The van der Waals surface area contributed by atoms with Crippen LogP contribution in [0.2, 0.25) is 5.02 Å². The second-order valence-electron chi connectivity index (χ2n) is 7.95. The van der Waals surface area contributed by atoms with Gasteiger partial charge in [0.25, 0.3) is 5.89 Å². The van der Waals surface area contributed by atoms with Crippen LogP contribution >= 0.6 is 11.6 Å². The maximum atomic E-state index is 12.1. The summed E-state index contributed by atoms with van der Waals surface area (Å²) in [5, 5.41) is 7.67. The third kappa shape index (κ3) is 5.03. The molecule has 1 aliphatic heterocycles. The molecule has 9 heteroatoms. The molecule has 4 rings (SSSR count). The summed E-state index contributed by atoms with van der Waals surface area (Å²) in [6, 6.07) is 10.7. The molecule has 2 heterocycles. The van der Waals surface area contributed by atoms with E-state index in [4.69, 9.17) is 31.3 Å². The van der Waals surface area contributed by atoms with Crippen LogP contribution < -0.4 is 15.8 Å². The predicted molar refractivity (Wildman–Crippen MR) is 121 cm³/mol. The highest BCUT2D eigenvalue weighted by molar-refractivity contribution is 6.32. The number of rotatable bonds is 7. The van der Waals surface area contributed by atoms with Crippen molar-refractivity contribution in [1.82, 2.24) is 15.5 Å². The van der Waals surface area contributed by atoms with Crippen LogP contribution in [0.5, 0.6) is 5.75 Å². The minimum absolute atomic E-state index is 0.0179. The van der Waals surface area contributed by atoms with Crippen molar-refractivity contribution >= 4 is 23.3 Å². The molecule has 1 unspecified atom stereocenters. The molecule has 8 nitrogen and oxygen atoms in total. The van der Waals surface area contributed by atoms with Gasteiger partial charge in [-0.05, 0) is 62.7 Å². The first-order chi connectivity index (χ1) is 15.4. The van der Waals surface area contributed by atoms with Gasteiger partial charge in [0.2, 0.25) is 5.82 Å². The van der Waals surface area contributed by atoms with Gasteiger partial charge < -0.3 is 25.0 Å². The van der Waals surface area contributed by atoms with E-state index in [1.165, 1.54) is 0 Å². The number of carbonyl (C=O) groups is 1. The largest absolute Gasteiger partial charge is 0.489 e. The Balaban J connectivity index is 1.45. The third-order valence-corrected chi connectivity index (χ3v) is 5.40. The second kappa shape index (κ2) is 9.58. The van der Waals surface area contributed by atoms with E-state index in [9.17, 15) is 4.79 Å². The number of ether oxygens (including phenoxy) is 2. The van der Waals surface area contributed by atoms with Gasteiger partial charge >= 0.3 is 5.97 Å². The Kier molecular flexibility index (Phi) is 6.62. The van der Waals surface area contributed by atoms with Gasteiger partial charge in [0.15, 0.2) is 0 Å². The van der Waals surface area contributed by atoms with Crippen LogP contribution in [0.4, 0.5) is 5.69 Å². The number of nitrogens with zero attached hydrogens (tertiary/aromatic N) is 2. The summed E-state index contributed by atoms with van der Waals surface area (Å²) >= 11 is 6.31. The average molecular weight is 457 g/mol. The maximum absolute atomic E-state index is 12.1. The number of nitrogens with one attached hydrogen (secondary N) is 1. The molecule has 32 heavy (non-hydrogen) atoms. The molecule has 3 aromatic rings. The summed E-state index contributed by atoms with van der Waals surface area (Å²) in [6.07, 6.45) is 0.822. The van der Waals surface area contributed by atoms with Crippen molar-refractivity contribution in [3.63, 3.8) is 0 Å². The molecular weight excluding hydrogens is 432 g/mol. The first-order valence-corrected chi connectivity index (χ1v) is 10.8. The summed E-state index contributed by atoms with van der Waals surface area (Å²) in [4.78, 5) is 16.5. The molecule has 1 aromatic heterocycles. The molecule has 0 bridgehead atoms. The van der Waals surface area contributed by atoms with Crippen molar-refractivity contribution in [3.8, 4) is 28.6 Å². The number of halogens is 1. The Labute approximate surface area is 191 Å². The Bertz CT molecular complexity index is 1110. The molecule has 0 spiro atoms. The molecule has 0 amide bonds.